The highest BCUT2D eigenvalue weighted by molar-refractivity contribution is 7.98. The van der Waals surface area contributed by atoms with Crippen molar-refractivity contribution >= 4 is 23.4 Å². The number of H-pyrrole nitrogens is 1. The summed E-state index contributed by atoms with van der Waals surface area (Å²) in [5.74, 6) is -0.272. The fourth-order valence-corrected chi connectivity index (χ4v) is 3.71. The topological polar surface area (TPSA) is 61.0 Å². The normalized spacial score (nSPS) is 12.2. The number of anilines is 1. The average molecular weight is 427 g/mol. The molecular weight excluding hydrogens is 399 g/mol. The Morgan fingerprint density at radius 1 is 1.23 bits per heavy atom. The molecule has 1 unspecified atom stereocenters. The molecule has 1 heterocycles. The lowest BCUT2D eigenvalue weighted by Crippen LogP contribution is -2.40. The number of nitrogens with zero attached hydrogens (tertiary/aromatic N) is 2. The zero-order valence-corrected chi connectivity index (χ0v) is 18.3. The number of aromatic amines is 1. The van der Waals surface area contributed by atoms with E-state index in [1.54, 1.807) is 23.9 Å². The molecule has 0 spiro atoms. The van der Waals surface area contributed by atoms with Gasteiger partial charge >= 0.3 is 0 Å². The third kappa shape index (κ3) is 5.70. The summed E-state index contributed by atoms with van der Waals surface area (Å²) in [6.45, 7) is 2.70. The Balaban J connectivity index is 1.48. The smallest absolute Gasteiger partial charge is 0.241 e. The van der Waals surface area contributed by atoms with Gasteiger partial charge in [-0.1, -0.05) is 12.1 Å². The number of hydrogen-bond acceptors (Lipinski definition) is 4. The lowest BCUT2D eigenvalue weighted by Gasteiger charge is -2.24. The minimum Gasteiger partial charge on any atom is -0.324 e. The van der Waals surface area contributed by atoms with Crippen molar-refractivity contribution in [2.24, 2.45) is 0 Å². The molecule has 0 aliphatic heterocycles. The Morgan fingerprint density at radius 2 is 1.97 bits per heavy atom. The van der Waals surface area contributed by atoms with Gasteiger partial charge in [-0.2, -0.15) is 5.10 Å². The number of carbonyl (C=O) groups is 1. The standard InChI is InChI=1S/C23H27FN4OS/c1-16(23(29)25-20-8-4-5-9-22(20)30-3)28(2)14-6-7-19-15-21(27-26-19)17-10-12-18(24)13-11-17/h4-5,8-13,15-16H,6-7,14H2,1-3H3,(H,25,29)(H,26,27). The summed E-state index contributed by atoms with van der Waals surface area (Å²) in [6.07, 6.45) is 3.71. The molecule has 0 bridgehead atoms. The van der Waals surface area contributed by atoms with Crippen LogP contribution < -0.4 is 5.32 Å². The van der Waals surface area contributed by atoms with Crippen molar-refractivity contribution in [1.29, 1.82) is 0 Å². The van der Waals surface area contributed by atoms with Crippen LogP contribution in [0.25, 0.3) is 11.3 Å². The summed E-state index contributed by atoms with van der Waals surface area (Å²) in [6, 6.07) is 15.9. The molecule has 5 nitrogen and oxygen atoms in total. The molecule has 3 rings (SSSR count). The zero-order valence-electron chi connectivity index (χ0n) is 17.5. The maximum absolute atomic E-state index is 13.1. The summed E-state index contributed by atoms with van der Waals surface area (Å²) >= 11 is 1.61. The maximum Gasteiger partial charge on any atom is 0.241 e. The molecule has 0 fully saturated rings. The quantitative estimate of drug-likeness (QED) is 0.481. The second-order valence-corrected chi connectivity index (χ2v) is 8.08. The minimum atomic E-state index is -0.257. The number of likely N-dealkylation sites (N-methyl/N-ethyl adjacent to an activating group) is 1. The van der Waals surface area contributed by atoms with E-state index in [0.29, 0.717) is 0 Å². The zero-order chi connectivity index (χ0) is 21.5. The van der Waals surface area contributed by atoms with Crippen LogP contribution in [0.5, 0.6) is 0 Å². The number of thioether (sulfide) groups is 1. The first kappa shape index (κ1) is 22.1. The molecule has 1 atom stereocenters. The molecule has 0 saturated heterocycles. The lowest BCUT2D eigenvalue weighted by atomic mass is 10.1. The van der Waals surface area contributed by atoms with Gasteiger partial charge < -0.3 is 5.32 Å². The number of halogens is 1. The Kier molecular flexibility index (Phi) is 7.65. The average Bonchev–Trinajstić information content (AvgIpc) is 3.22. The Bertz CT molecular complexity index is 973. The van der Waals surface area contributed by atoms with E-state index in [0.717, 1.165) is 46.9 Å². The number of amides is 1. The van der Waals surface area contributed by atoms with Crippen molar-refractivity contribution in [3.05, 3.63) is 66.1 Å². The van der Waals surface area contributed by atoms with Crippen LogP contribution >= 0.6 is 11.8 Å². The van der Waals surface area contributed by atoms with Crippen LogP contribution in [0.15, 0.2) is 59.5 Å². The van der Waals surface area contributed by atoms with E-state index in [4.69, 9.17) is 0 Å². The van der Waals surface area contributed by atoms with Crippen LogP contribution in [0.4, 0.5) is 10.1 Å². The third-order valence-electron chi connectivity index (χ3n) is 5.13. The minimum absolute atomic E-state index is 0.0147. The first-order valence-electron chi connectivity index (χ1n) is 9.92. The van der Waals surface area contributed by atoms with Gasteiger partial charge in [0.15, 0.2) is 0 Å². The monoisotopic (exact) mass is 426 g/mol. The van der Waals surface area contributed by atoms with Crippen molar-refractivity contribution in [1.82, 2.24) is 15.1 Å². The molecular formula is C23H27FN4OS. The summed E-state index contributed by atoms with van der Waals surface area (Å²) in [4.78, 5) is 15.7. The molecule has 2 aromatic carbocycles. The predicted octanol–water partition coefficient (Wildman–Crippen LogP) is 4.83. The molecule has 7 heteroatoms. The molecule has 2 N–H and O–H groups in total. The molecule has 30 heavy (non-hydrogen) atoms. The van der Waals surface area contributed by atoms with Gasteiger partial charge in [-0.25, -0.2) is 4.39 Å². The number of carbonyl (C=O) groups excluding carboxylic acids is 1. The second-order valence-electron chi connectivity index (χ2n) is 7.23. The van der Waals surface area contributed by atoms with Crippen molar-refractivity contribution in [3.8, 4) is 11.3 Å². The fraction of sp³-hybridized carbons (Fsp3) is 0.304. The second kappa shape index (κ2) is 10.4. The molecule has 1 aromatic heterocycles. The number of aromatic nitrogens is 2. The van der Waals surface area contributed by atoms with Crippen molar-refractivity contribution in [2.75, 3.05) is 25.2 Å². The van der Waals surface area contributed by atoms with E-state index in [1.807, 2.05) is 55.5 Å². The van der Waals surface area contributed by atoms with Crippen LogP contribution in [0, 0.1) is 5.82 Å². The molecule has 0 aliphatic carbocycles. The summed E-state index contributed by atoms with van der Waals surface area (Å²) in [5.41, 5.74) is 3.56. The van der Waals surface area contributed by atoms with Gasteiger partial charge in [0.25, 0.3) is 0 Å². The first-order valence-corrected chi connectivity index (χ1v) is 11.1. The number of para-hydroxylation sites is 1. The number of aryl methyl sites for hydroxylation is 1. The van der Waals surface area contributed by atoms with Crippen LogP contribution in [0.3, 0.4) is 0 Å². The van der Waals surface area contributed by atoms with E-state index >= 15 is 0 Å². The van der Waals surface area contributed by atoms with Gasteiger partial charge in [0, 0.05) is 16.2 Å². The van der Waals surface area contributed by atoms with Crippen molar-refractivity contribution in [2.45, 2.75) is 30.7 Å². The molecule has 3 aromatic rings. The molecule has 158 valence electrons. The largest absolute Gasteiger partial charge is 0.324 e. The SMILES string of the molecule is CSc1ccccc1NC(=O)C(C)N(C)CCCc1cc(-c2ccc(F)cc2)n[nH]1. The number of rotatable bonds is 9. The lowest BCUT2D eigenvalue weighted by molar-refractivity contribution is -0.120. The van der Waals surface area contributed by atoms with Crippen LogP contribution in [-0.4, -0.2) is 46.9 Å². The van der Waals surface area contributed by atoms with Gasteiger partial charge in [-0.15, -0.1) is 11.8 Å². The van der Waals surface area contributed by atoms with Gasteiger partial charge in [0.05, 0.1) is 17.4 Å². The summed E-state index contributed by atoms with van der Waals surface area (Å²) < 4.78 is 13.1. The van der Waals surface area contributed by atoms with Crippen LogP contribution in [-0.2, 0) is 11.2 Å². The molecule has 0 saturated carbocycles. The predicted molar refractivity (Wildman–Crippen MR) is 121 cm³/mol. The molecule has 0 aliphatic rings. The van der Waals surface area contributed by atoms with Gasteiger partial charge in [-0.05, 0) is 82.1 Å². The Labute approximate surface area is 181 Å². The van der Waals surface area contributed by atoms with Gasteiger partial charge in [-0.3, -0.25) is 14.8 Å². The molecule has 1 amide bonds. The highest BCUT2D eigenvalue weighted by atomic mass is 32.2. The van der Waals surface area contributed by atoms with Gasteiger partial charge in [0.1, 0.15) is 5.82 Å². The van der Waals surface area contributed by atoms with E-state index in [2.05, 4.69) is 15.5 Å². The molecule has 0 radical (unpaired) electrons. The van der Waals surface area contributed by atoms with E-state index in [-0.39, 0.29) is 17.8 Å². The number of hydrogen-bond donors (Lipinski definition) is 2. The van der Waals surface area contributed by atoms with Crippen LogP contribution in [0.2, 0.25) is 0 Å². The summed E-state index contributed by atoms with van der Waals surface area (Å²) in [5, 5.41) is 10.4. The van der Waals surface area contributed by atoms with Crippen molar-refractivity contribution in [3.63, 3.8) is 0 Å². The Morgan fingerprint density at radius 3 is 2.70 bits per heavy atom. The maximum atomic E-state index is 13.1. The van der Waals surface area contributed by atoms with Gasteiger partial charge in [0.2, 0.25) is 5.91 Å². The fourth-order valence-electron chi connectivity index (χ4n) is 3.16. The van der Waals surface area contributed by atoms with Crippen molar-refractivity contribution < 1.29 is 9.18 Å². The highest BCUT2D eigenvalue weighted by Gasteiger charge is 2.18. The van der Waals surface area contributed by atoms with Crippen LogP contribution in [0.1, 0.15) is 19.0 Å². The number of nitrogens with one attached hydrogen (secondary N) is 2. The number of benzene rings is 2. The summed E-state index contributed by atoms with van der Waals surface area (Å²) in [7, 11) is 1.96. The van der Waals surface area contributed by atoms with E-state index in [1.165, 1.54) is 12.1 Å². The highest BCUT2D eigenvalue weighted by Crippen LogP contribution is 2.25. The third-order valence-corrected chi connectivity index (χ3v) is 5.93. The Hall–Kier alpha value is -2.64. The first-order chi connectivity index (χ1) is 14.5. The van der Waals surface area contributed by atoms with E-state index < -0.39 is 0 Å². The van der Waals surface area contributed by atoms with E-state index in [9.17, 15) is 9.18 Å².